The summed E-state index contributed by atoms with van der Waals surface area (Å²) in [6.45, 7) is 1.74. The Morgan fingerprint density at radius 3 is 2.63 bits per heavy atom. The summed E-state index contributed by atoms with van der Waals surface area (Å²) >= 11 is 0. The predicted molar refractivity (Wildman–Crippen MR) is 76.4 cm³/mol. The zero-order valence-corrected chi connectivity index (χ0v) is 11.8. The van der Waals surface area contributed by atoms with Crippen molar-refractivity contribution in [3.8, 4) is 0 Å². The van der Waals surface area contributed by atoms with E-state index < -0.39 is 10.0 Å². The summed E-state index contributed by atoms with van der Waals surface area (Å²) in [6.07, 6.45) is 2.57. The smallest absolute Gasteiger partial charge is 0.240 e. The average Bonchev–Trinajstić information content (AvgIpc) is 3.10. The SMILES string of the molecule is CN(CCNc1ccc(S(N)(=O)=O)c(N)c1)C1CC1. The Labute approximate surface area is 113 Å². The highest BCUT2D eigenvalue weighted by Gasteiger charge is 2.25. The summed E-state index contributed by atoms with van der Waals surface area (Å²) in [5.41, 5.74) is 6.66. The second kappa shape index (κ2) is 5.36. The van der Waals surface area contributed by atoms with Crippen LogP contribution in [0.5, 0.6) is 0 Å². The van der Waals surface area contributed by atoms with Gasteiger partial charge in [0.15, 0.2) is 0 Å². The number of anilines is 2. The Balaban J connectivity index is 1.92. The van der Waals surface area contributed by atoms with Gasteiger partial charge in [0, 0.05) is 24.8 Å². The molecule has 1 aromatic rings. The van der Waals surface area contributed by atoms with Gasteiger partial charge < -0.3 is 16.0 Å². The topological polar surface area (TPSA) is 101 Å². The third-order valence-electron chi connectivity index (χ3n) is 3.28. The molecule has 5 N–H and O–H groups in total. The molecule has 0 amide bonds. The minimum absolute atomic E-state index is 0.0341. The van der Waals surface area contributed by atoms with E-state index in [-0.39, 0.29) is 10.6 Å². The molecule has 0 aromatic heterocycles. The monoisotopic (exact) mass is 284 g/mol. The molecule has 0 heterocycles. The maximum absolute atomic E-state index is 11.2. The van der Waals surface area contributed by atoms with Crippen molar-refractivity contribution in [1.82, 2.24) is 4.90 Å². The molecule has 0 spiro atoms. The zero-order valence-electron chi connectivity index (χ0n) is 11.0. The molecule has 7 heteroatoms. The molecule has 6 nitrogen and oxygen atoms in total. The van der Waals surface area contributed by atoms with Crippen molar-refractivity contribution in [3.63, 3.8) is 0 Å². The van der Waals surface area contributed by atoms with Crippen LogP contribution in [-0.2, 0) is 10.0 Å². The molecule has 1 aliphatic carbocycles. The van der Waals surface area contributed by atoms with Gasteiger partial charge in [0.25, 0.3) is 0 Å². The first-order valence-corrected chi connectivity index (χ1v) is 7.79. The fraction of sp³-hybridized carbons (Fsp3) is 0.500. The highest BCUT2D eigenvalue weighted by molar-refractivity contribution is 7.89. The average molecular weight is 284 g/mol. The molecule has 0 unspecified atom stereocenters. The molecule has 106 valence electrons. The van der Waals surface area contributed by atoms with Gasteiger partial charge in [-0.1, -0.05) is 0 Å². The van der Waals surface area contributed by atoms with Gasteiger partial charge in [-0.25, -0.2) is 13.6 Å². The number of benzene rings is 1. The van der Waals surface area contributed by atoms with E-state index >= 15 is 0 Å². The molecule has 0 aliphatic heterocycles. The number of sulfonamides is 1. The zero-order chi connectivity index (χ0) is 14.0. The van der Waals surface area contributed by atoms with Gasteiger partial charge in [-0.05, 0) is 38.1 Å². The Hall–Kier alpha value is -1.31. The van der Waals surface area contributed by atoms with Crippen molar-refractivity contribution >= 4 is 21.4 Å². The van der Waals surface area contributed by atoms with Gasteiger partial charge in [0.1, 0.15) is 4.90 Å². The number of primary sulfonamides is 1. The van der Waals surface area contributed by atoms with Crippen LogP contribution >= 0.6 is 0 Å². The van der Waals surface area contributed by atoms with Gasteiger partial charge in [0.2, 0.25) is 10.0 Å². The Bertz CT molecular complexity index is 555. The predicted octanol–water partition coefficient (Wildman–Crippen LogP) is 0.422. The summed E-state index contributed by atoms with van der Waals surface area (Å²) in [7, 11) is -1.64. The van der Waals surface area contributed by atoms with Crippen molar-refractivity contribution in [2.75, 3.05) is 31.2 Å². The molecule has 1 aromatic carbocycles. The van der Waals surface area contributed by atoms with Crippen molar-refractivity contribution < 1.29 is 8.42 Å². The van der Waals surface area contributed by atoms with Crippen LogP contribution in [0.15, 0.2) is 23.1 Å². The third-order valence-corrected chi connectivity index (χ3v) is 4.27. The minimum Gasteiger partial charge on any atom is -0.398 e. The van der Waals surface area contributed by atoms with Crippen LogP contribution in [0, 0.1) is 0 Å². The number of rotatable bonds is 6. The van der Waals surface area contributed by atoms with Crippen LogP contribution in [0.1, 0.15) is 12.8 Å². The van der Waals surface area contributed by atoms with Crippen molar-refractivity contribution in [1.29, 1.82) is 0 Å². The lowest BCUT2D eigenvalue weighted by atomic mass is 10.3. The molecule has 2 rings (SSSR count). The van der Waals surface area contributed by atoms with E-state index in [4.69, 9.17) is 10.9 Å². The van der Waals surface area contributed by atoms with Crippen LogP contribution in [0.4, 0.5) is 11.4 Å². The molecule has 19 heavy (non-hydrogen) atoms. The lowest BCUT2D eigenvalue weighted by Crippen LogP contribution is -2.27. The summed E-state index contributed by atoms with van der Waals surface area (Å²) in [5.74, 6) is 0. The summed E-state index contributed by atoms with van der Waals surface area (Å²) in [6, 6.07) is 5.43. The number of hydrogen-bond donors (Lipinski definition) is 3. The highest BCUT2D eigenvalue weighted by atomic mass is 32.2. The van der Waals surface area contributed by atoms with Crippen LogP contribution in [0.3, 0.4) is 0 Å². The molecule has 1 aliphatic rings. The third kappa shape index (κ3) is 3.82. The van der Waals surface area contributed by atoms with Gasteiger partial charge in [-0.15, -0.1) is 0 Å². The summed E-state index contributed by atoms with van der Waals surface area (Å²) in [5, 5.41) is 8.27. The molecule has 0 atom stereocenters. The number of likely N-dealkylation sites (N-methyl/N-ethyl adjacent to an activating group) is 1. The van der Waals surface area contributed by atoms with Gasteiger partial charge in [0.05, 0.1) is 5.69 Å². The quantitative estimate of drug-likeness (QED) is 0.657. The highest BCUT2D eigenvalue weighted by Crippen LogP contribution is 2.25. The molecular weight excluding hydrogens is 264 g/mol. The van der Waals surface area contributed by atoms with Crippen molar-refractivity contribution in [3.05, 3.63) is 18.2 Å². The Morgan fingerprint density at radius 1 is 1.42 bits per heavy atom. The summed E-state index contributed by atoms with van der Waals surface area (Å²) < 4.78 is 22.4. The number of nitrogens with zero attached hydrogens (tertiary/aromatic N) is 1. The van der Waals surface area contributed by atoms with Gasteiger partial charge in [-0.3, -0.25) is 0 Å². The largest absolute Gasteiger partial charge is 0.398 e. The minimum atomic E-state index is -3.75. The van der Waals surface area contributed by atoms with Crippen LogP contribution < -0.4 is 16.2 Å². The van der Waals surface area contributed by atoms with E-state index in [0.29, 0.717) is 0 Å². The first kappa shape index (κ1) is 14.1. The fourth-order valence-corrected chi connectivity index (χ4v) is 2.64. The summed E-state index contributed by atoms with van der Waals surface area (Å²) in [4.78, 5) is 2.28. The van der Waals surface area contributed by atoms with Gasteiger partial charge >= 0.3 is 0 Å². The maximum atomic E-state index is 11.2. The molecule has 0 radical (unpaired) electrons. The maximum Gasteiger partial charge on any atom is 0.240 e. The Kier molecular flexibility index (Phi) is 3.98. The number of nitrogens with two attached hydrogens (primary N) is 2. The van der Waals surface area contributed by atoms with Gasteiger partial charge in [-0.2, -0.15) is 0 Å². The molecule has 1 fully saturated rings. The molecule has 0 saturated heterocycles. The first-order valence-electron chi connectivity index (χ1n) is 6.24. The van der Waals surface area contributed by atoms with E-state index in [2.05, 4.69) is 17.3 Å². The lowest BCUT2D eigenvalue weighted by molar-refractivity contribution is 0.337. The van der Waals surface area contributed by atoms with E-state index in [1.807, 2.05) is 0 Å². The van der Waals surface area contributed by atoms with Crippen LogP contribution in [0.2, 0.25) is 0 Å². The van der Waals surface area contributed by atoms with Crippen LogP contribution in [0.25, 0.3) is 0 Å². The van der Waals surface area contributed by atoms with Crippen LogP contribution in [-0.4, -0.2) is 39.5 Å². The van der Waals surface area contributed by atoms with Crippen molar-refractivity contribution in [2.24, 2.45) is 5.14 Å². The van der Waals surface area contributed by atoms with E-state index in [0.717, 1.165) is 24.8 Å². The normalized spacial score (nSPS) is 15.7. The van der Waals surface area contributed by atoms with E-state index in [9.17, 15) is 8.42 Å². The standard InChI is InChI=1S/C12H20N4O2S/c1-16(10-3-4-10)7-6-15-9-2-5-12(11(13)8-9)19(14,17)18/h2,5,8,10,15H,3-4,6-7,13H2,1H3,(H2,14,17,18). The molecule has 0 bridgehead atoms. The first-order chi connectivity index (χ1) is 8.88. The van der Waals surface area contributed by atoms with E-state index in [1.165, 1.54) is 18.9 Å². The number of nitrogen functional groups attached to an aromatic ring is 1. The molecular formula is C12H20N4O2S. The number of nitrogens with one attached hydrogen (secondary N) is 1. The lowest BCUT2D eigenvalue weighted by Gasteiger charge is -2.16. The molecule has 1 saturated carbocycles. The second-order valence-corrected chi connectivity index (χ2v) is 6.47. The van der Waals surface area contributed by atoms with Crippen molar-refractivity contribution in [2.45, 2.75) is 23.8 Å². The number of hydrogen-bond acceptors (Lipinski definition) is 5. The second-order valence-electron chi connectivity index (χ2n) is 4.94. The Morgan fingerprint density at radius 2 is 2.11 bits per heavy atom. The fourth-order valence-electron chi connectivity index (χ4n) is 1.99. The van der Waals surface area contributed by atoms with E-state index in [1.54, 1.807) is 12.1 Å².